The van der Waals surface area contributed by atoms with E-state index < -0.39 is 4.92 Å². The predicted molar refractivity (Wildman–Crippen MR) is 70.2 cm³/mol. The van der Waals surface area contributed by atoms with E-state index in [0.29, 0.717) is 17.2 Å². The molecule has 0 saturated heterocycles. The fraction of sp³-hybridized carbons (Fsp3) is 0.333. The van der Waals surface area contributed by atoms with Crippen molar-refractivity contribution < 1.29 is 4.92 Å². The number of non-ortho nitro benzene ring substituents is 1. The van der Waals surface area contributed by atoms with Gasteiger partial charge in [0.15, 0.2) is 5.82 Å². The highest BCUT2D eigenvalue weighted by Gasteiger charge is 2.16. The van der Waals surface area contributed by atoms with Crippen LogP contribution in [-0.4, -0.2) is 20.1 Å². The highest BCUT2D eigenvalue weighted by atomic mass is 16.6. The van der Waals surface area contributed by atoms with E-state index in [0.717, 1.165) is 0 Å². The molecule has 0 saturated carbocycles. The van der Waals surface area contributed by atoms with Crippen molar-refractivity contribution in [3.63, 3.8) is 0 Å². The lowest BCUT2D eigenvalue weighted by atomic mass is 10.1. The first kappa shape index (κ1) is 13.2. The van der Waals surface area contributed by atoms with Crippen molar-refractivity contribution in [3.05, 3.63) is 40.2 Å². The van der Waals surface area contributed by atoms with Gasteiger partial charge < -0.3 is 5.73 Å². The molecule has 0 aliphatic heterocycles. The Morgan fingerprint density at radius 2 is 2.16 bits per heavy atom. The second kappa shape index (κ2) is 5.15. The monoisotopic (exact) mass is 261 g/mol. The van der Waals surface area contributed by atoms with Crippen LogP contribution in [0.3, 0.4) is 0 Å². The van der Waals surface area contributed by atoms with Gasteiger partial charge in [-0.1, -0.05) is 26.0 Å². The third-order valence-electron chi connectivity index (χ3n) is 2.85. The number of nitrogens with zero attached hydrogens (tertiary/aromatic N) is 3. The molecule has 0 bridgehead atoms. The van der Waals surface area contributed by atoms with E-state index in [1.165, 1.54) is 12.1 Å². The Kier molecular flexibility index (Phi) is 3.57. The van der Waals surface area contributed by atoms with Crippen LogP contribution >= 0.6 is 0 Å². The van der Waals surface area contributed by atoms with Crippen LogP contribution in [0.15, 0.2) is 24.3 Å². The number of aromatic amines is 1. The summed E-state index contributed by atoms with van der Waals surface area (Å²) >= 11 is 0. The molecule has 100 valence electrons. The molecule has 0 amide bonds. The van der Waals surface area contributed by atoms with Crippen molar-refractivity contribution in [2.75, 3.05) is 0 Å². The molecule has 1 aromatic heterocycles. The van der Waals surface area contributed by atoms with Crippen molar-refractivity contribution in [1.29, 1.82) is 0 Å². The number of hydrogen-bond acceptors (Lipinski definition) is 5. The molecule has 1 aromatic carbocycles. The fourth-order valence-electron chi connectivity index (χ4n) is 1.63. The Morgan fingerprint density at radius 1 is 1.42 bits per heavy atom. The number of nitro benzene ring substituents is 1. The van der Waals surface area contributed by atoms with Crippen LogP contribution in [0.5, 0.6) is 0 Å². The minimum atomic E-state index is -0.448. The maximum atomic E-state index is 10.7. The van der Waals surface area contributed by atoms with Crippen LogP contribution in [0.4, 0.5) is 5.69 Å². The number of hydrogen-bond donors (Lipinski definition) is 2. The van der Waals surface area contributed by atoms with Gasteiger partial charge in [-0.25, -0.2) is 4.98 Å². The van der Waals surface area contributed by atoms with Gasteiger partial charge in [-0.05, 0) is 5.92 Å². The predicted octanol–water partition coefficient (Wildman–Crippen LogP) is 2.04. The molecule has 0 spiro atoms. The standard InChI is InChI=1S/C12H15N5O2/c1-7(2)10(13)12-14-11(15-16-12)8-4-3-5-9(6-8)17(18)19/h3-7,10H,13H2,1-2H3,(H,14,15,16)/t10-/m0/s1. The Hall–Kier alpha value is -2.28. The highest BCUT2D eigenvalue weighted by molar-refractivity contribution is 5.58. The van der Waals surface area contributed by atoms with Crippen LogP contribution in [0.2, 0.25) is 0 Å². The van der Waals surface area contributed by atoms with Gasteiger partial charge >= 0.3 is 0 Å². The first-order valence-corrected chi connectivity index (χ1v) is 5.91. The van der Waals surface area contributed by atoms with E-state index in [1.54, 1.807) is 12.1 Å². The molecule has 0 radical (unpaired) electrons. The third-order valence-corrected chi connectivity index (χ3v) is 2.85. The van der Waals surface area contributed by atoms with Crippen molar-refractivity contribution >= 4 is 5.69 Å². The largest absolute Gasteiger partial charge is 0.321 e. The molecule has 1 heterocycles. The molecule has 0 aliphatic rings. The van der Waals surface area contributed by atoms with Crippen LogP contribution < -0.4 is 5.73 Å². The molecule has 3 N–H and O–H groups in total. The van der Waals surface area contributed by atoms with Gasteiger partial charge in [-0.15, -0.1) is 0 Å². The minimum absolute atomic E-state index is 0.0111. The lowest BCUT2D eigenvalue weighted by molar-refractivity contribution is -0.384. The lowest BCUT2D eigenvalue weighted by Crippen LogP contribution is -2.18. The van der Waals surface area contributed by atoms with E-state index in [-0.39, 0.29) is 17.6 Å². The van der Waals surface area contributed by atoms with E-state index in [9.17, 15) is 10.1 Å². The van der Waals surface area contributed by atoms with E-state index >= 15 is 0 Å². The first-order valence-electron chi connectivity index (χ1n) is 5.91. The summed E-state index contributed by atoms with van der Waals surface area (Å²) in [5, 5.41) is 17.6. The summed E-state index contributed by atoms with van der Waals surface area (Å²) in [5.74, 6) is 1.22. The topological polar surface area (TPSA) is 111 Å². The number of nitro groups is 1. The summed E-state index contributed by atoms with van der Waals surface area (Å²) in [6, 6.07) is 5.96. The summed E-state index contributed by atoms with van der Waals surface area (Å²) in [5.41, 5.74) is 6.57. The van der Waals surface area contributed by atoms with Gasteiger partial charge in [0, 0.05) is 17.7 Å². The SMILES string of the molecule is CC(C)[C@H](N)c1nc(-c2cccc([N+](=O)[O-])c2)n[nH]1. The second-order valence-corrected chi connectivity index (χ2v) is 4.62. The molecular weight excluding hydrogens is 246 g/mol. The van der Waals surface area contributed by atoms with Crippen LogP contribution in [0.25, 0.3) is 11.4 Å². The number of H-pyrrole nitrogens is 1. The maximum absolute atomic E-state index is 10.7. The molecule has 2 rings (SSSR count). The average molecular weight is 261 g/mol. The van der Waals surface area contributed by atoms with Gasteiger partial charge in [-0.2, -0.15) is 5.10 Å². The number of benzene rings is 1. The van der Waals surface area contributed by atoms with Gasteiger partial charge in [0.2, 0.25) is 0 Å². The average Bonchev–Trinajstić information content (AvgIpc) is 2.87. The lowest BCUT2D eigenvalue weighted by Gasteiger charge is -2.11. The number of rotatable bonds is 4. The van der Waals surface area contributed by atoms with Gasteiger partial charge in [0.05, 0.1) is 11.0 Å². The molecule has 7 nitrogen and oxygen atoms in total. The molecule has 2 aromatic rings. The number of aromatic nitrogens is 3. The van der Waals surface area contributed by atoms with Crippen LogP contribution in [0, 0.1) is 16.0 Å². The second-order valence-electron chi connectivity index (χ2n) is 4.62. The summed E-state index contributed by atoms with van der Waals surface area (Å²) < 4.78 is 0. The van der Waals surface area contributed by atoms with E-state index in [4.69, 9.17) is 5.73 Å². The summed E-state index contributed by atoms with van der Waals surface area (Å²) in [6.07, 6.45) is 0. The number of nitrogens with two attached hydrogens (primary N) is 1. The Morgan fingerprint density at radius 3 is 2.79 bits per heavy atom. The van der Waals surface area contributed by atoms with Gasteiger partial charge in [0.1, 0.15) is 5.82 Å². The highest BCUT2D eigenvalue weighted by Crippen LogP contribution is 2.22. The van der Waals surface area contributed by atoms with E-state index in [2.05, 4.69) is 15.2 Å². The zero-order chi connectivity index (χ0) is 14.0. The molecule has 7 heteroatoms. The fourth-order valence-corrected chi connectivity index (χ4v) is 1.63. The first-order chi connectivity index (χ1) is 8.99. The van der Waals surface area contributed by atoms with Gasteiger partial charge in [-0.3, -0.25) is 15.2 Å². The maximum Gasteiger partial charge on any atom is 0.270 e. The third kappa shape index (κ3) is 2.76. The van der Waals surface area contributed by atoms with Crippen molar-refractivity contribution in [3.8, 4) is 11.4 Å². The molecule has 1 atom stereocenters. The quantitative estimate of drug-likeness (QED) is 0.646. The normalized spacial score (nSPS) is 12.6. The zero-order valence-corrected chi connectivity index (χ0v) is 10.7. The molecule has 0 fully saturated rings. The Labute approximate surface area is 110 Å². The molecular formula is C12H15N5O2. The van der Waals surface area contributed by atoms with Crippen molar-refractivity contribution in [2.24, 2.45) is 11.7 Å². The van der Waals surface area contributed by atoms with E-state index in [1.807, 2.05) is 13.8 Å². The number of nitrogens with one attached hydrogen (secondary N) is 1. The summed E-state index contributed by atoms with van der Waals surface area (Å²) in [7, 11) is 0. The minimum Gasteiger partial charge on any atom is -0.321 e. The van der Waals surface area contributed by atoms with Crippen molar-refractivity contribution in [1.82, 2.24) is 15.2 Å². The zero-order valence-electron chi connectivity index (χ0n) is 10.7. The molecule has 0 unspecified atom stereocenters. The van der Waals surface area contributed by atoms with Crippen LogP contribution in [0.1, 0.15) is 25.7 Å². The van der Waals surface area contributed by atoms with Gasteiger partial charge in [0.25, 0.3) is 5.69 Å². The Bertz CT molecular complexity index is 593. The summed E-state index contributed by atoms with van der Waals surface area (Å²) in [6.45, 7) is 3.97. The summed E-state index contributed by atoms with van der Waals surface area (Å²) in [4.78, 5) is 14.6. The smallest absolute Gasteiger partial charge is 0.270 e. The van der Waals surface area contributed by atoms with Crippen molar-refractivity contribution in [2.45, 2.75) is 19.9 Å². The Balaban J connectivity index is 2.33. The molecule has 0 aliphatic carbocycles. The van der Waals surface area contributed by atoms with Crippen LogP contribution in [-0.2, 0) is 0 Å². The molecule has 19 heavy (non-hydrogen) atoms.